The number of carboxylic acid groups (broad SMARTS) is 1. The first-order chi connectivity index (χ1) is 14.0. The average molecular weight is 408 g/mol. The standard InChI is InChI=1S/C22H24N4O4/c1-12-6-8-15(10-13(12)2)26-20(28)18(19(25-26)22(3,4)5)24-23-16-9-7-14(21(29)30)11-17(16)27/h6-11,25,27H,1-5H3,(H,29,30). The van der Waals surface area contributed by atoms with Crippen molar-refractivity contribution < 1.29 is 15.0 Å². The third-order valence-corrected chi connectivity index (χ3v) is 4.84. The van der Waals surface area contributed by atoms with Crippen LogP contribution in [0, 0.1) is 13.8 Å². The van der Waals surface area contributed by atoms with E-state index in [1.807, 2.05) is 52.8 Å². The van der Waals surface area contributed by atoms with Gasteiger partial charge in [0.25, 0.3) is 5.56 Å². The topological polar surface area (TPSA) is 120 Å². The van der Waals surface area contributed by atoms with Crippen LogP contribution < -0.4 is 5.56 Å². The number of H-pyrrole nitrogens is 1. The van der Waals surface area contributed by atoms with Crippen LogP contribution in [0.3, 0.4) is 0 Å². The molecule has 30 heavy (non-hydrogen) atoms. The van der Waals surface area contributed by atoms with E-state index in [4.69, 9.17) is 5.11 Å². The Kier molecular flexibility index (Phi) is 5.35. The average Bonchev–Trinajstić information content (AvgIpc) is 2.99. The van der Waals surface area contributed by atoms with Crippen molar-refractivity contribution in [1.82, 2.24) is 9.78 Å². The Labute approximate surface area is 173 Å². The predicted octanol–water partition coefficient (Wildman–Crippen LogP) is 4.90. The Morgan fingerprint density at radius 1 is 1.03 bits per heavy atom. The van der Waals surface area contributed by atoms with Crippen molar-refractivity contribution in [2.45, 2.75) is 40.0 Å². The number of benzene rings is 2. The van der Waals surface area contributed by atoms with Crippen LogP contribution in [0.2, 0.25) is 0 Å². The fraction of sp³-hybridized carbons (Fsp3) is 0.273. The maximum Gasteiger partial charge on any atom is 0.335 e. The van der Waals surface area contributed by atoms with Gasteiger partial charge < -0.3 is 10.2 Å². The Hall–Kier alpha value is -3.68. The van der Waals surface area contributed by atoms with Gasteiger partial charge in [-0.2, -0.15) is 0 Å². The molecule has 3 aromatic rings. The molecule has 0 aliphatic carbocycles. The summed E-state index contributed by atoms with van der Waals surface area (Å²) in [5, 5.41) is 30.3. The van der Waals surface area contributed by atoms with E-state index in [1.54, 1.807) is 0 Å². The minimum Gasteiger partial charge on any atom is -0.506 e. The van der Waals surface area contributed by atoms with Gasteiger partial charge in [-0.25, -0.2) is 9.48 Å². The first kappa shape index (κ1) is 21.0. The summed E-state index contributed by atoms with van der Waals surface area (Å²) in [5.41, 5.74) is 2.79. The molecule has 0 aliphatic heterocycles. The van der Waals surface area contributed by atoms with Crippen LogP contribution in [0.25, 0.3) is 5.69 Å². The highest BCUT2D eigenvalue weighted by Crippen LogP contribution is 2.32. The van der Waals surface area contributed by atoms with E-state index < -0.39 is 11.4 Å². The molecule has 3 rings (SSSR count). The van der Waals surface area contributed by atoms with Gasteiger partial charge in [0.15, 0.2) is 5.69 Å². The molecular formula is C22H24N4O4. The number of carboxylic acids is 1. The van der Waals surface area contributed by atoms with Crippen molar-refractivity contribution in [2.24, 2.45) is 10.2 Å². The van der Waals surface area contributed by atoms with Gasteiger partial charge in [-0.3, -0.25) is 9.89 Å². The molecular weight excluding hydrogens is 384 g/mol. The number of aromatic nitrogens is 2. The number of aromatic amines is 1. The molecule has 0 unspecified atom stereocenters. The summed E-state index contributed by atoms with van der Waals surface area (Å²) >= 11 is 0. The van der Waals surface area contributed by atoms with Gasteiger partial charge in [-0.15, -0.1) is 10.2 Å². The third kappa shape index (κ3) is 4.03. The zero-order valence-electron chi connectivity index (χ0n) is 17.5. The Morgan fingerprint density at radius 3 is 2.30 bits per heavy atom. The molecule has 1 aromatic heterocycles. The van der Waals surface area contributed by atoms with Gasteiger partial charge in [0.2, 0.25) is 0 Å². The quantitative estimate of drug-likeness (QED) is 0.532. The highest BCUT2D eigenvalue weighted by molar-refractivity contribution is 5.88. The number of hydrogen-bond acceptors (Lipinski definition) is 5. The number of rotatable bonds is 4. The zero-order chi connectivity index (χ0) is 22.2. The molecule has 2 aromatic carbocycles. The maximum absolute atomic E-state index is 13.1. The van der Waals surface area contributed by atoms with Gasteiger partial charge in [0.05, 0.1) is 16.9 Å². The minimum atomic E-state index is -1.16. The maximum atomic E-state index is 13.1. The molecule has 0 radical (unpaired) electrons. The highest BCUT2D eigenvalue weighted by Gasteiger charge is 2.25. The first-order valence-electron chi connectivity index (χ1n) is 9.40. The monoisotopic (exact) mass is 408 g/mol. The zero-order valence-corrected chi connectivity index (χ0v) is 17.5. The molecule has 1 heterocycles. The summed E-state index contributed by atoms with van der Waals surface area (Å²) < 4.78 is 1.43. The molecule has 0 fully saturated rings. The first-order valence-corrected chi connectivity index (χ1v) is 9.40. The van der Waals surface area contributed by atoms with E-state index in [0.29, 0.717) is 11.4 Å². The molecule has 0 amide bonds. The fourth-order valence-corrected chi connectivity index (χ4v) is 2.94. The van der Waals surface area contributed by atoms with Gasteiger partial charge in [-0.05, 0) is 55.3 Å². The van der Waals surface area contributed by atoms with Crippen molar-refractivity contribution in [3.8, 4) is 11.4 Å². The number of phenols is 1. The van der Waals surface area contributed by atoms with Crippen molar-refractivity contribution in [2.75, 3.05) is 0 Å². The summed E-state index contributed by atoms with van der Waals surface area (Å²) in [6, 6.07) is 9.45. The van der Waals surface area contributed by atoms with E-state index >= 15 is 0 Å². The van der Waals surface area contributed by atoms with E-state index in [-0.39, 0.29) is 28.2 Å². The van der Waals surface area contributed by atoms with Crippen molar-refractivity contribution >= 4 is 17.3 Å². The van der Waals surface area contributed by atoms with Crippen LogP contribution in [-0.4, -0.2) is 26.0 Å². The molecule has 0 aliphatic rings. The Bertz CT molecular complexity index is 1210. The van der Waals surface area contributed by atoms with Crippen LogP contribution in [0.5, 0.6) is 5.75 Å². The van der Waals surface area contributed by atoms with Crippen LogP contribution in [0.1, 0.15) is 48.0 Å². The molecule has 0 saturated heterocycles. The number of hydrogen-bond donors (Lipinski definition) is 3. The Morgan fingerprint density at radius 2 is 1.73 bits per heavy atom. The summed E-state index contributed by atoms with van der Waals surface area (Å²) in [7, 11) is 0. The molecule has 0 spiro atoms. The molecule has 156 valence electrons. The lowest BCUT2D eigenvalue weighted by molar-refractivity contribution is 0.0696. The summed E-state index contributed by atoms with van der Waals surface area (Å²) in [6.45, 7) is 9.81. The van der Waals surface area contributed by atoms with Gasteiger partial charge in [-0.1, -0.05) is 26.8 Å². The van der Waals surface area contributed by atoms with Crippen LogP contribution in [0.15, 0.2) is 51.4 Å². The molecule has 3 N–H and O–H groups in total. The minimum absolute atomic E-state index is 0.0678. The molecule has 8 nitrogen and oxygen atoms in total. The van der Waals surface area contributed by atoms with E-state index in [1.165, 1.54) is 16.8 Å². The summed E-state index contributed by atoms with van der Waals surface area (Å²) in [5.74, 6) is -1.49. The predicted molar refractivity (Wildman–Crippen MR) is 114 cm³/mol. The van der Waals surface area contributed by atoms with Gasteiger partial charge >= 0.3 is 5.97 Å². The van der Waals surface area contributed by atoms with Crippen molar-refractivity contribution in [3.63, 3.8) is 0 Å². The van der Waals surface area contributed by atoms with Crippen LogP contribution >= 0.6 is 0 Å². The summed E-state index contributed by atoms with van der Waals surface area (Å²) in [4.78, 5) is 24.1. The number of phenolic OH excluding ortho intramolecular Hbond substituents is 1. The van der Waals surface area contributed by atoms with Gasteiger partial charge in [0, 0.05) is 5.41 Å². The third-order valence-electron chi connectivity index (χ3n) is 4.84. The number of aryl methyl sites for hydroxylation is 2. The lowest BCUT2D eigenvalue weighted by atomic mass is 9.91. The van der Waals surface area contributed by atoms with Crippen molar-refractivity contribution in [3.05, 3.63) is 69.1 Å². The SMILES string of the molecule is Cc1ccc(-n2[nH]c(C(C)(C)C)c(N=Nc3ccc(C(=O)O)cc3O)c2=O)cc1C. The smallest absolute Gasteiger partial charge is 0.335 e. The number of nitrogens with one attached hydrogen (secondary N) is 1. The molecule has 0 atom stereocenters. The Balaban J connectivity index is 2.11. The van der Waals surface area contributed by atoms with E-state index in [9.17, 15) is 14.7 Å². The molecule has 0 bridgehead atoms. The van der Waals surface area contributed by atoms with Crippen molar-refractivity contribution in [1.29, 1.82) is 0 Å². The molecule has 8 heteroatoms. The second kappa shape index (κ2) is 7.62. The number of aromatic carboxylic acids is 1. The van der Waals surface area contributed by atoms with Crippen LogP contribution in [-0.2, 0) is 5.41 Å². The van der Waals surface area contributed by atoms with Crippen LogP contribution in [0.4, 0.5) is 11.4 Å². The molecule has 0 saturated carbocycles. The second-order valence-electron chi connectivity index (χ2n) is 8.20. The number of carbonyl (C=O) groups is 1. The normalized spacial score (nSPS) is 11.9. The summed E-state index contributed by atoms with van der Waals surface area (Å²) in [6.07, 6.45) is 0. The van der Waals surface area contributed by atoms with E-state index in [0.717, 1.165) is 17.2 Å². The fourth-order valence-electron chi connectivity index (χ4n) is 2.94. The van der Waals surface area contributed by atoms with E-state index in [2.05, 4.69) is 15.3 Å². The largest absolute Gasteiger partial charge is 0.506 e. The second-order valence-corrected chi connectivity index (χ2v) is 8.20. The number of aromatic hydroxyl groups is 1. The van der Waals surface area contributed by atoms with Gasteiger partial charge in [0.1, 0.15) is 11.4 Å². The number of azo groups is 1. The highest BCUT2D eigenvalue weighted by atomic mass is 16.4. The number of nitrogens with zero attached hydrogens (tertiary/aromatic N) is 3. The lowest BCUT2D eigenvalue weighted by Crippen LogP contribution is -2.14. The lowest BCUT2D eigenvalue weighted by Gasteiger charge is -2.16.